The smallest absolute Gasteiger partial charge is 0.312 e. The summed E-state index contributed by atoms with van der Waals surface area (Å²) in [7, 11) is 0. The second-order valence-corrected chi connectivity index (χ2v) is 3.66. The van der Waals surface area contributed by atoms with Crippen molar-refractivity contribution in [2.45, 2.75) is 18.8 Å². The lowest BCUT2D eigenvalue weighted by atomic mass is 9.97. The van der Waals surface area contributed by atoms with Gasteiger partial charge in [0.25, 0.3) is 0 Å². The van der Waals surface area contributed by atoms with E-state index < -0.39 is 11.9 Å². The molecular formula is C12H16FNO2. The maximum Gasteiger partial charge on any atom is 0.312 e. The van der Waals surface area contributed by atoms with E-state index in [1.807, 2.05) is 12.1 Å². The lowest BCUT2D eigenvalue weighted by Gasteiger charge is -2.10. The summed E-state index contributed by atoms with van der Waals surface area (Å²) in [6.07, 6.45) is 1.18. The predicted octanol–water partition coefficient (Wildman–Crippen LogP) is 1.72. The summed E-state index contributed by atoms with van der Waals surface area (Å²) in [4.78, 5) is 10.9. The first kappa shape index (κ1) is 12.6. The molecule has 0 bridgehead atoms. The molecule has 0 aliphatic carbocycles. The van der Waals surface area contributed by atoms with Crippen LogP contribution in [0.25, 0.3) is 0 Å². The van der Waals surface area contributed by atoms with Crippen LogP contribution in [0.1, 0.15) is 23.5 Å². The van der Waals surface area contributed by atoms with Gasteiger partial charge in [-0.2, -0.15) is 0 Å². The largest absolute Gasteiger partial charge is 0.481 e. The molecule has 1 unspecified atom stereocenters. The second-order valence-electron chi connectivity index (χ2n) is 3.66. The number of carboxylic acid groups (broad SMARTS) is 1. The van der Waals surface area contributed by atoms with E-state index in [9.17, 15) is 9.18 Å². The molecule has 1 atom stereocenters. The van der Waals surface area contributed by atoms with Crippen molar-refractivity contribution in [1.29, 1.82) is 0 Å². The highest BCUT2D eigenvalue weighted by molar-refractivity contribution is 5.76. The van der Waals surface area contributed by atoms with E-state index in [0.29, 0.717) is 18.4 Å². The Morgan fingerprint density at radius 3 is 2.44 bits per heavy atom. The fraction of sp³-hybridized carbons (Fsp3) is 0.417. The number of nitrogens with two attached hydrogens (primary N) is 1. The van der Waals surface area contributed by atoms with Crippen LogP contribution >= 0.6 is 0 Å². The standard InChI is InChI=1S/C12H16FNO2/c13-7-1-2-9-3-5-10(6-4-9)11(8-14)12(15)16/h3-6,11H,1-2,7-8,14H2,(H,15,16). The van der Waals surface area contributed by atoms with Gasteiger partial charge in [0.2, 0.25) is 0 Å². The first-order valence-electron chi connectivity index (χ1n) is 5.26. The van der Waals surface area contributed by atoms with E-state index in [0.717, 1.165) is 5.56 Å². The van der Waals surface area contributed by atoms with Crippen molar-refractivity contribution in [3.8, 4) is 0 Å². The molecule has 1 rings (SSSR count). The number of rotatable bonds is 6. The monoisotopic (exact) mass is 225 g/mol. The van der Waals surface area contributed by atoms with Crippen LogP contribution < -0.4 is 5.73 Å². The third-order valence-corrected chi connectivity index (χ3v) is 2.51. The van der Waals surface area contributed by atoms with E-state index in [4.69, 9.17) is 10.8 Å². The highest BCUT2D eigenvalue weighted by atomic mass is 19.1. The number of hydrogen-bond donors (Lipinski definition) is 2. The Kier molecular flexibility index (Phi) is 4.92. The average Bonchev–Trinajstić information content (AvgIpc) is 2.28. The molecule has 0 radical (unpaired) electrons. The Morgan fingerprint density at radius 2 is 2.00 bits per heavy atom. The molecule has 0 aliphatic heterocycles. The van der Waals surface area contributed by atoms with Crippen molar-refractivity contribution in [2.75, 3.05) is 13.2 Å². The van der Waals surface area contributed by atoms with Gasteiger partial charge in [-0.05, 0) is 24.0 Å². The Hall–Kier alpha value is -1.42. The van der Waals surface area contributed by atoms with Gasteiger partial charge in [-0.25, -0.2) is 0 Å². The van der Waals surface area contributed by atoms with E-state index in [-0.39, 0.29) is 13.2 Å². The normalized spacial score (nSPS) is 12.4. The zero-order valence-corrected chi connectivity index (χ0v) is 9.03. The quantitative estimate of drug-likeness (QED) is 0.774. The van der Waals surface area contributed by atoms with Crippen molar-refractivity contribution in [3.05, 3.63) is 35.4 Å². The van der Waals surface area contributed by atoms with Crippen LogP contribution in [0.2, 0.25) is 0 Å². The molecule has 3 N–H and O–H groups in total. The molecule has 0 heterocycles. The molecule has 3 nitrogen and oxygen atoms in total. The van der Waals surface area contributed by atoms with Crippen molar-refractivity contribution < 1.29 is 14.3 Å². The molecule has 1 aromatic rings. The van der Waals surface area contributed by atoms with Gasteiger partial charge in [-0.1, -0.05) is 24.3 Å². The maximum atomic E-state index is 12.0. The highest BCUT2D eigenvalue weighted by Gasteiger charge is 2.17. The van der Waals surface area contributed by atoms with Gasteiger partial charge in [0, 0.05) is 6.54 Å². The van der Waals surface area contributed by atoms with Crippen molar-refractivity contribution in [3.63, 3.8) is 0 Å². The summed E-state index contributed by atoms with van der Waals surface area (Å²) in [6, 6.07) is 7.16. The molecule has 0 aliphatic rings. The van der Waals surface area contributed by atoms with Crippen LogP contribution in [0.15, 0.2) is 24.3 Å². The van der Waals surface area contributed by atoms with Gasteiger partial charge in [0.05, 0.1) is 12.6 Å². The third kappa shape index (κ3) is 3.31. The third-order valence-electron chi connectivity index (χ3n) is 2.51. The molecule has 88 valence electrons. The van der Waals surface area contributed by atoms with Crippen LogP contribution in [0.5, 0.6) is 0 Å². The minimum Gasteiger partial charge on any atom is -0.481 e. The predicted molar refractivity (Wildman–Crippen MR) is 60.2 cm³/mol. The molecule has 0 saturated heterocycles. The minimum atomic E-state index is -0.918. The summed E-state index contributed by atoms with van der Waals surface area (Å²) < 4.78 is 12.0. The van der Waals surface area contributed by atoms with Gasteiger partial charge in [0.15, 0.2) is 0 Å². The van der Waals surface area contributed by atoms with E-state index >= 15 is 0 Å². The number of aryl methyl sites for hydroxylation is 1. The molecule has 0 aromatic heterocycles. The van der Waals surface area contributed by atoms with Crippen LogP contribution in [-0.2, 0) is 11.2 Å². The van der Waals surface area contributed by atoms with Gasteiger partial charge >= 0.3 is 5.97 Å². The highest BCUT2D eigenvalue weighted by Crippen LogP contribution is 2.16. The minimum absolute atomic E-state index is 0.0825. The van der Waals surface area contributed by atoms with Gasteiger partial charge in [0.1, 0.15) is 0 Å². The summed E-state index contributed by atoms with van der Waals surface area (Å²) in [6.45, 7) is -0.249. The molecule has 0 fully saturated rings. The van der Waals surface area contributed by atoms with Crippen LogP contribution in [0.3, 0.4) is 0 Å². The number of carbonyl (C=O) groups is 1. The first-order valence-corrected chi connectivity index (χ1v) is 5.26. The molecular weight excluding hydrogens is 209 g/mol. The summed E-state index contributed by atoms with van der Waals surface area (Å²) >= 11 is 0. The lowest BCUT2D eigenvalue weighted by Crippen LogP contribution is -2.21. The molecule has 0 spiro atoms. The van der Waals surface area contributed by atoms with Crippen molar-refractivity contribution in [2.24, 2.45) is 5.73 Å². The van der Waals surface area contributed by atoms with Gasteiger partial charge < -0.3 is 10.8 Å². The number of aliphatic carboxylic acids is 1. The number of benzene rings is 1. The molecule has 0 amide bonds. The Bertz CT molecular complexity index is 337. The lowest BCUT2D eigenvalue weighted by molar-refractivity contribution is -0.138. The van der Waals surface area contributed by atoms with E-state index in [1.165, 1.54) is 0 Å². The Labute approximate surface area is 94.1 Å². The van der Waals surface area contributed by atoms with Gasteiger partial charge in [-0.3, -0.25) is 9.18 Å². The van der Waals surface area contributed by atoms with Crippen molar-refractivity contribution >= 4 is 5.97 Å². The Morgan fingerprint density at radius 1 is 1.38 bits per heavy atom. The van der Waals surface area contributed by atoms with E-state index in [1.54, 1.807) is 12.1 Å². The number of carboxylic acids is 1. The second kappa shape index (κ2) is 6.23. The van der Waals surface area contributed by atoms with Gasteiger partial charge in [-0.15, -0.1) is 0 Å². The fourth-order valence-corrected chi connectivity index (χ4v) is 1.57. The Balaban J connectivity index is 2.73. The van der Waals surface area contributed by atoms with Crippen molar-refractivity contribution in [1.82, 2.24) is 0 Å². The number of hydrogen-bond acceptors (Lipinski definition) is 2. The van der Waals surface area contributed by atoms with Crippen LogP contribution in [0, 0.1) is 0 Å². The fourth-order valence-electron chi connectivity index (χ4n) is 1.57. The zero-order chi connectivity index (χ0) is 12.0. The summed E-state index contributed by atoms with van der Waals surface area (Å²) in [5, 5.41) is 8.91. The van der Waals surface area contributed by atoms with Crippen LogP contribution in [0.4, 0.5) is 4.39 Å². The topological polar surface area (TPSA) is 63.3 Å². The number of halogens is 1. The molecule has 0 saturated carbocycles. The number of alkyl halides is 1. The molecule has 16 heavy (non-hydrogen) atoms. The SMILES string of the molecule is NCC(C(=O)O)c1ccc(CCCF)cc1. The first-order chi connectivity index (χ1) is 7.69. The molecule has 1 aromatic carbocycles. The van der Waals surface area contributed by atoms with Crippen LogP contribution in [-0.4, -0.2) is 24.3 Å². The van der Waals surface area contributed by atoms with E-state index in [2.05, 4.69) is 0 Å². The summed E-state index contributed by atoms with van der Waals surface area (Å²) in [5.74, 6) is -1.57. The maximum absolute atomic E-state index is 12.0. The molecule has 4 heteroatoms. The zero-order valence-electron chi connectivity index (χ0n) is 9.03. The average molecular weight is 225 g/mol. The summed E-state index contributed by atoms with van der Waals surface area (Å²) in [5.41, 5.74) is 7.10.